The van der Waals surface area contributed by atoms with Crippen molar-refractivity contribution in [2.75, 3.05) is 6.61 Å². The largest absolute Gasteiger partial charge is 0.371 e. The molecule has 0 radical (unpaired) electrons. The van der Waals surface area contributed by atoms with Crippen LogP contribution < -0.4 is 0 Å². The van der Waals surface area contributed by atoms with Crippen LogP contribution in [0, 0.1) is 0 Å². The Kier molecular flexibility index (Phi) is 5.05. The fourth-order valence-corrected chi connectivity index (χ4v) is 1.55. The highest BCUT2D eigenvalue weighted by Crippen LogP contribution is 2.06. The van der Waals surface area contributed by atoms with Crippen molar-refractivity contribution in [1.29, 1.82) is 0 Å². The summed E-state index contributed by atoms with van der Waals surface area (Å²) in [5.74, 6) is 0.172. The summed E-state index contributed by atoms with van der Waals surface area (Å²) in [5.41, 5.74) is 1.06. The molecule has 15 heavy (non-hydrogen) atoms. The van der Waals surface area contributed by atoms with Gasteiger partial charge in [-0.05, 0) is 18.9 Å². The lowest BCUT2D eigenvalue weighted by Gasteiger charge is -2.13. The number of rotatable bonds is 6. The van der Waals surface area contributed by atoms with Crippen molar-refractivity contribution < 1.29 is 9.53 Å². The van der Waals surface area contributed by atoms with Gasteiger partial charge >= 0.3 is 0 Å². The Bertz CT molecular complexity index is 293. The van der Waals surface area contributed by atoms with Gasteiger partial charge in [0.2, 0.25) is 0 Å². The van der Waals surface area contributed by atoms with E-state index in [2.05, 4.69) is 0 Å². The maximum Gasteiger partial charge on any atom is 0.165 e. The zero-order valence-electron chi connectivity index (χ0n) is 9.40. The Balaban J connectivity index is 2.54. The highest BCUT2D eigenvalue weighted by molar-refractivity contribution is 5.85. The minimum Gasteiger partial charge on any atom is -0.371 e. The third kappa shape index (κ3) is 3.84. The van der Waals surface area contributed by atoms with E-state index in [1.165, 1.54) is 0 Å². The zero-order chi connectivity index (χ0) is 11.1. The number of carbonyl (C=O) groups excluding carboxylic acids is 1. The van der Waals surface area contributed by atoms with Crippen LogP contribution in [0.1, 0.15) is 25.8 Å². The SMILES string of the molecule is CCOC(CC)C(=O)Cc1ccccc1. The first kappa shape index (κ1) is 11.9. The number of carbonyl (C=O) groups is 1. The maximum atomic E-state index is 11.8. The quantitative estimate of drug-likeness (QED) is 0.715. The molecule has 0 aliphatic carbocycles. The van der Waals surface area contributed by atoms with Crippen molar-refractivity contribution in [3.8, 4) is 0 Å². The van der Waals surface area contributed by atoms with E-state index in [4.69, 9.17) is 4.74 Å². The summed E-state index contributed by atoms with van der Waals surface area (Å²) >= 11 is 0. The second kappa shape index (κ2) is 6.36. The number of ether oxygens (including phenoxy) is 1. The van der Waals surface area contributed by atoms with Crippen molar-refractivity contribution in [1.82, 2.24) is 0 Å². The van der Waals surface area contributed by atoms with Crippen LogP contribution in [0.3, 0.4) is 0 Å². The van der Waals surface area contributed by atoms with Gasteiger partial charge in [0.25, 0.3) is 0 Å². The van der Waals surface area contributed by atoms with Gasteiger partial charge in [-0.3, -0.25) is 4.79 Å². The van der Waals surface area contributed by atoms with E-state index in [0.29, 0.717) is 13.0 Å². The molecule has 1 rings (SSSR count). The van der Waals surface area contributed by atoms with Crippen molar-refractivity contribution in [3.05, 3.63) is 35.9 Å². The van der Waals surface area contributed by atoms with Crippen LogP contribution in [0.5, 0.6) is 0 Å². The standard InChI is InChI=1S/C13H18O2/c1-3-13(15-4-2)12(14)10-11-8-6-5-7-9-11/h5-9,13H,3-4,10H2,1-2H3. The van der Waals surface area contributed by atoms with Gasteiger partial charge in [-0.15, -0.1) is 0 Å². The third-order valence-electron chi connectivity index (χ3n) is 2.32. The van der Waals surface area contributed by atoms with Gasteiger partial charge < -0.3 is 4.74 Å². The lowest BCUT2D eigenvalue weighted by molar-refractivity contribution is -0.129. The van der Waals surface area contributed by atoms with Crippen molar-refractivity contribution in [2.24, 2.45) is 0 Å². The Morgan fingerprint density at radius 3 is 2.47 bits per heavy atom. The number of Topliss-reactive ketones (excluding diaryl/α,β-unsaturated/α-hetero) is 1. The molecule has 0 heterocycles. The van der Waals surface area contributed by atoms with Gasteiger partial charge in [-0.2, -0.15) is 0 Å². The summed E-state index contributed by atoms with van der Waals surface area (Å²) in [6.45, 7) is 4.49. The second-order valence-corrected chi connectivity index (χ2v) is 3.48. The fraction of sp³-hybridized carbons (Fsp3) is 0.462. The minimum atomic E-state index is -0.241. The lowest BCUT2D eigenvalue weighted by Crippen LogP contribution is -2.25. The van der Waals surface area contributed by atoms with Gasteiger partial charge in [0.05, 0.1) is 0 Å². The number of hydrogen-bond acceptors (Lipinski definition) is 2. The van der Waals surface area contributed by atoms with Crippen LogP contribution in [0.4, 0.5) is 0 Å². The smallest absolute Gasteiger partial charge is 0.165 e. The molecule has 82 valence electrons. The average Bonchev–Trinajstić information content (AvgIpc) is 2.27. The molecule has 0 aromatic heterocycles. The topological polar surface area (TPSA) is 26.3 Å². The monoisotopic (exact) mass is 206 g/mol. The average molecular weight is 206 g/mol. The molecule has 0 bridgehead atoms. The highest BCUT2D eigenvalue weighted by atomic mass is 16.5. The van der Waals surface area contributed by atoms with E-state index in [1.807, 2.05) is 44.2 Å². The molecule has 0 spiro atoms. The molecule has 0 N–H and O–H groups in total. The Hall–Kier alpha value is -1.15. The third-order valence-corrected chi connectivity index (χ3v) is 2.32. The normalized spacial score (nSPS) is 12.4. The van der Waals surface area contributed by atoms with E-state index in [0.717, 1.165) is 12.0 Å². The first-order chi connectivity index (χ1) is 7.27. The summed E-state index contributed by atoms with van der Waals surface area (Å²) < 4.78 is 5.38. The summed E-state index contributed by atoms with van der Waals surface area (Å²) in [7, 11) is 0. The van der Waals surface area contributed by atoms with Crippen LogP contribution in [0.2, 0.25) is 0 Å². The molecule has 2 heteroatoms. The van der Waals surface area contributed by atoms with Gasteiger partial charge in [0.15, 0.2) is 5.78 Å². The van der Waals surface area contributed by atoms with Crippen molar-refractivity contribution in [3.63, 3.8) is 0 Å². The molecular formula is C13H18O2. The molecule has 2 nitrogen and oxygen atoms in total. The number of hydrogen-bond donors (Lipinski definition) is 0. The number of ketones is 1. The van der Waals surface area contributed by atoms with Crippen molar-refractivity contribution >= 4 is 5.78 Å². The van der Waals surface area contributed by atoms with Gasteiger partial charge in [0.1, 0.15) is 6.10 Å². The van der Waals surface area contributed by atoms with Crippen LogP contribution in [0.25, 0.3) is 0 Å². The summed E-state index contributed by atoms with van der Waals surface area (Å²) in [6.07, 6.45) is 0.981. The second-order valence-electron chi connectivity index (χ2n) is 3.48. The van der Waals surface area contributed by atoms with E-state index >= 15 is 0 Å². The molecule has 0 saturated carbocycles. The van der Waals surface area contributed by atoms with Crippen LogP contribution in [0.15, 0.2) is 30.3 Å². The summed E-state index contributed by atoms with van der Waals surface area (Å²) in [6, 6.07) is 9.79. The zero-order valence-corrected chi connectivity index (χ0v) is 9.40. The molecule has 1 atom stereocenters. The Morgan fingerprint density at radius 1 is 1.27 bits per heavy atom. The highest BCUT2D eigenvalue weighted by Gasteiger charge is 2.16. The first-order valence-corrected chi connectivity index (χ1v) is 5.46. The maximum absolute atomic E-state index is 11.8. The Morgan fingerprint density at radius 2 is 1.93 bits per heavy atom. The molecule has 0 amide bonds. The molecule has 0 aliphatic rings. The Labute approximate surface area is 91.3 Å². The lowest BCUT2D eigenvalue weighted by atomic mass is 10.0. The van der Waals surface area contributed by atoms with Gasteiger partial charge in [0, 0.05) is 13.0 Å². The minimum absolute atomic E-state index is 0.172. The molecular weight excluding hydrogens is 188 g/mol. The summed E-state index contributed by atoms with van der Waals surface area (Å²) in [4.78, 5) is 11.8. The predicted octanol–water partition coefficient (Wildman–Crippen LogP) is 2.61. The molecule has 1 unspecified atom stereocenters. The van der Waals surface area contributed by atoms with Crippen molar-refractivity contribution in [2.45, 2.75) is 32.8 Å². The molecule has 1 aromatic rings. The van der Waals surface area contributed by atoms with E-state index < -0.39 is 0 Å². The molecule has 0 fully saturated rings. The van der Waals surface area contributed by atoms with Crippen LogP contribution >= 0.6 is 0 Å². The molecule has 1 aromatic carbocycles. The van der Waals surface area contributed by atoms with Crippen LogP contribution in [-0.4, -0.2) is 18.5 Å². The van der Waals surface area contributed by atoms with Crippen LogP contribution in [-0.2, 0) is 16.0 Å². The first-order valence-electron chi connectivity index (χ1n) is 5.46. The fourth-order valence-electron chi connectivity index (χ4n) is 1.55. The van der Waals surface area contributed by atoms with E-state index in [-0.39, 0.29) is 11.9 Å². The van der Waals surface area contributed by atoms with Gasteiger partial charge in [-0.25, -0.2) is 0 Å². The molecule has 0 aliphatic heterocycles. The van der Waals surface area contributed by atoms with E-state index in [9.17, 15) is 4.79 Å². The number of benzene rings is 1. The molecule has 0 saturated heterocycles. The predicted molar refractivity (Wildman–Crippen MR) is 60.9 cm³/mol. The van der Waals surface area contributed by atoms with E-state index in [1.54, 1.807) is 0 Å². The van der Waals surface area contributed by atoms with Gasteiger partial charge in [-0.1, -0.05) is 37.3 Å². The summed E-state index contributed by atoms with van der Waals surface area (Å²) in [5, 5.41) is 0.